The lowest BCUT2D eigenvalue weighted by Gasteiger charge is -2.28. The van der Waals surface area contributed by atoms with Crippen LogP contribution in [0, 0.1) is 0 Å². The Hall–Kier alpha value is -9.32. The molecule has 0 atom stereocenters. The Morgan fingerprint density at radius 1 is 0.269 bits per heavy atom. The second-order valence-corrected chi connectivity index (χ2v) is 22.7. The van der Waals surface area contributed by atoms with Gasteiger partial charge in [-0.1, -0.05) is 194 Å². The Morgan fingerprint density at radius 3 is 1.35 bits per heavy atom. The van der Waals surface area contributed by atoms with Crippen LogP contribution in [-0.2, 0) is 12.8 Å². The summed E-state index contributed by atoms with van der Waals surface area (Å²) < 4.78 is 5.17. The molecule has 0 bridgehead atoms. The van der Waals surface area contributed by atoms with E-state index in [0.29, 0.717) is 0 Å². The number of hydrogen-bond acceptors (Lipinski definition) is 4. The molecule has 2 nitrogen and oxygen atoms in total. The van der Waals surface area contributed by atoms with Gasteiger partial charge >= 0.3 is 0 Å². The first-order valence-corrected chi connectivity index (χ1v) is 28.5. The van der Waals surface area contributed by atoms with E-state index in [2.05, 4.69) is 277 Å². The highest BCUT2D eigenvalue weighted by Gasteiger charge is 2.26. The van der Waals surface area contributed by atoms with Crippen LogP contribution in [-0.4, -0.2) is 0 Å². The lowest BCUT2D eigenvalue weighted by atomic mass is 9.79. The molecule has 15 aromatic rings. The van der Waals surface area contributed by atoms with Crippen molar-refractivity contribution in [1.82, 2.24) is 0 Å². The fourth-order valence-corrected chi connectivity index (χ4v) is 15.3. The molecule has 2 heterocycles. The number of fused-ring (bicyclic) bond motifs is 19. The quantitative estimate of drug-likeness (QED) is 0.153. The van der Waals surface area contributed by atoms with Crippen LogP contribution in [0.25, 0.3) is 94.9 Å². The van der Waals surface area contributed by atoms with Crippen LogP contribution in [0.3, 0.4) is 0 Å². The van der Waals surface area contributed by atoms with Gasteiger partial charge in [0.05, 0.1) is 20.8 Å². The lowest BCUT2D eigenvalue weighted by Crippen LogP contribution is -2.10. The molecule has 1 aliphatic carbocycles. The van der Waals surface area contributed by atoms with Gasteiger partial charge in [-0.2, -0.15) is 0 Å². The van der Waals surface area contributed by atoms with Crippen molar-refractivity contribution in [3.63, 3.8) is 0 Å². The Balaban J connectivity index is 0.940. The SMILES string of the molecule is c1ccc(N(c2ccc3c4c(ccc3c2)-c2c(c3ccc(N(c5ccccc5)c5cccc6c5sc5ccccc56)cc3c3ccccc23)Cc2ccccc2-c2ccccc2C4)c2cccc3c2sc2ccccc23)cc1. The van der Waals surface area contributed by atoms with E-state index in [4.69, 9.17) is 0 Å². The Labute approximate surface area is 460 Å². The number of nitrogens with zero attached hydrogens (tertiary/aromatic N) is 2. The molecule has 0 amide bonds. The maximum atomic E-state index is 2.47. The molecule has 366 valence electrons. The summed E-state index contributed by atoms with van der Waals surface area (Å²) in [5.74, 6) is 0. The van der Waals surface area contributed by atoms with Gasteiger partial charge in [0.2, 0.25) is 0 Å². The minimum absolute atomic E-state index is 0.774. The lowest BCUT2D eigenvalue weighted by molar-refractivity contribution is 1.17. The number of thiophene rings is 2. The van der Waals surface area contributed by atoms with Gasteiger partial charge in [-0.3, -0.25) is 0 Å². The molecule has 78 heavy (non-hydrogen) atoms. The van der Waals surface area contributed by atoms with E-state index < -0.39 is 0 Å². The number of hydrogen-bond donors (Lipinski definition) is 0. The number of anilines is 6. The Bertz CT molecular complexity index is 4880. The van der Waals surface area contributed by atoms with E-state index in [1.807, 2.05) is 22.7 Å². The largest absolute Gasteiger partial charge is 0.309 e. The van der Waals surface area contributed by atoms with Crippen LogP contribution in [0.2, 0.25) is 0 Å². The van der Waals surface area contributed by atoms with Crippen LogP contribution in [0.5, 0.6) is 0 Å². The molecule has 0 saturated carbocycles. The normalized spacial score (nSPS) is 12.3. The molecule has 16 rings (SSSR count). The molecular weight excluding hydrogens is 981 g/mol. The summed E-state index contributed by atoms with van der Waals surface area (Å²) in [6.45, 7) is 0. The fourth-order valence-electron chi connectivity index (χ4n) is 12.9. The van der Waals surface area contributed by atoms with Crippen molar-refractivity contribution in [3.8, 4) is 22.3 Å². The minimum Gasteiger partial charge on any atom is -0.309 e. The van der Waals surface area contributed by atoms with Crippen molar-refractivity contribution >= 4 is 129 Å². The zero-order valence-electron chi connectivity index (χ0n) is 42.5. The summed E-state index contributed by atoms with van der Waals surface area (Å²) in [5.41, 5.74) is 17.5. The second kappa shape index (κ2) is 18.2. The van der Waals surface area contributed by atoms with E-state index >= 15 is 0 Å². The second-order valence-electron chi connectivity index (χ2n) is 20.6. The van der Waals surface area contributed by atoms with Crippen LogP contribution >= 0.6 is 22.7 Å². The van der Waals surface area contributed by atoms with Crippen LogP contribution in [0.1, 0.15) is 22.3 Å². The molecule has 2 aromatic heterocycles. The van der Waals surface area contributed by atoms with Crippen molar-refractivity contribution < 1.29 is 0 Å². The molecule has 1 aliphatic rings. The first kappa shape index (κ1) is 44.9. The van der Waals surface area contributed by atoms with Crippen LogP contribution in [0.4, 0.5) is 34.1 Å². The highest BCUT2D eigenvalue weighted by molar-refractivity contribution is 7.26. The van der Waals surface area contributed by atoms with E-state index in [0.717, 1.165) is 35.6 Å². The first-order chi connectivity index (χ1) is 38.7. The summed E-state index contributed by atoms with van der Waals surface area (Å²) in [6, 6.07) is 99.8. The summed E-state index contributed by atoms with van der Waals surface area (Å²) in [5, 5.41) is 12.7. The third-order valence-electron chi connectivity index (χ3n) is 16.4. The van der Waals surface area contributed by atoms with Crippen molar-refractivity contribution in [3.05, 3.63) is 289 Å². The fraction of sp³-hybridized carbons (Fsp3) is 0.0270. The molecule has 0 spiro atoms. The van der Waals surface area contributed by atoms with Gasteiger partial charge < -0.3 is 9.80 Å². The average molecular weight is 1030 g/mol. The average Bonchev–Trinajstić information content (AvgIpc) is 4.22. The van der Waals surface area contributed by atoms with Gasteiger partial charge in [0.15, 0.2) is 0 Å². The molecule has 13 aromatic carbocycles. The smallest absolute Gasteiger partial charge is 0.0640 e. The molecule has 0 radical (unpaired) electrons. The van der Waals surface area contributed by atoms with E-state index in [1.54, 1.807) is 0 Å². The zero-order chi connectivity index (χ0) is 51.3. The third-order valence-corrected chi connectivity index (χ3v) is 18.8. The van der Waals surface area contributed by atoms with Gasteiger partial charge in [-0.25, -0.2) is 0 Å². The molecule has 4 heteroatoms. The maximum absolute atomic E-state index is 2.47. The van der Waals surface area contributed by atoms with E-state index in [-0.39, 0.29) is 0 Å². The molecular formula is C74H48N2S2. The molecule has 0 N–H and O–H groups in total. The molecule has 0 unspecified atom stereocenters. The van der Waals surface area contributed by atoms with Gasteiger partial charge in [-0.15, -0.1) is 22.7 Å². The molecule has 0 aliphatic heterocycles. The van der Waals surface area contributed by atoms with Crippen LogP contribution in [0.15, 0.2) is 267 Å². The van der Waals surface area contributed by atoms with Gasteiger partial charge in [0.25, 0.3) is 0 Å². The highest BCUT2D eigenvalue weighted by atomic mass is 32.1. The van der Waals surface area contributed by atoms with Crippen molar-refractivity contribution in [2.24, 2.45) is 0 Å². The predicted octanol–water partition coefficient (Wildman–Crippen LogP) is 21.7. The summed E-state index contributed by atoms with van der Waals surface area (Å²) in [4.78, 5) is 4.93. The number of benzene rings is 13. The minimum atomic E-state index is 0.774. The van der Waals surface area contributed by atoms with Gasteiger partial charge in [0.1, 0.15) is 0 Å². The number of para-hydroxylation sites is 2. The van der Waals surface area contributed by atoms with Gasteiger partial charge in [-0.05, 0) is 162 Å². The zero-order valence-corrected chi connectivity index (χ0v) is 44.2. The predicted molar refractivity (Wildman–Crippen MR) is 337 cm³/mol. The molecule has 0 fully saturated rings. The summed E-state index contributed by atoms with van der Waals surface area (Å²) in [7, 11) is 0. The topological polar surface area (TPSA) is 6.48 Å². The Kier molecular flexibility index (Phi) is 10.5. The Morgan fingerprint density at radius 2 is 0.744 bits per heavy atom. The third kappa shape index (κ3) is 7.14. The van der Waals surface area contributed by atoms with Gasteiger partial charge in [0, 0.05) is 53.7 Å². The van der Waals surface area contributed by atoms with Crippen molar-refractivity contribution in [2.75, 3.05) is 9.80 Å². The monoisotopic (exact) mass is 1030 g/mol. The van der Waals surface area contributed by atoms with E-state index in [9.17, 15) is 0 Å². The van der Waals surface area contributed by atoms with E-state index in [1.165, 1.54) is 129 Å². The van der Waals surface area contributed by atoms with Crippen molar-refractivity contribution in [1.29, 1.82) is 0 Å². The maximum Gasteiger partial charge on any atom is 0.0640 e. The van der Waals surface area contributed by atoms with Crippen LogP contribution < -0.4 is 9.80 Å². The van der Waals surface area contributed by atoms with Crippen molar-refractivity contribution in [2.45, 2.75) is 12.8 Å². The highest BCUT2D eigenvalue weighted by Crippen LogP contribution is 2.51. The first-order valence-electron chi connectivity index (χ1n) is 26.9. The molecule has 0 saturated heterocycles. The number of rotatable bonds is 6. The summed E-state index contributed by atoms with van der Waals surface area (Å²) >= 11 is 3.76. The standard InChI is InChI=1S/C74H48N2S2/c1-3-21-50(22-4-1)75(68-33-17-31-63-59-28-13-15-35-70(59)77-73(63)68)52-38-41-56-49(43-52)37-40-62-65(56)44-47-19-7-9-25-54(47)55-26-10-8-20-48(55)45-67-58-42-39-53(46-66(58)57-27-11-12-30-61(57)72(62)67)76(51-23-5-2-6-24-51)69-34-18-32-64-60-29-14-16-36-71(60)78-74(64)69/h1-43,46H,44-45H2. The summed E-state index contributed by atoms with van der Waals surface area (Å²) in [6.07, 6.45) is 1.55.